The number of amides is 2. The molecule has 0 unspecified atom stereocenters. The highest BCUT2D eigenvalue weighted by atomic mass is 32.2. The summed E-state index contributed by atoms with van der Waals surface area (Å²) in [4.78, 5) is 29.2. The highest BCUT2D eigenvalue weighted by Crippen LogP contribution is 2.40. The van der Waals surface area contributed by atoms with Gasteiger partial charge in [0.05, 0.1) is 11.2 Å². The van der Waals surface area contributed by atoms with Crippen LogP contribution >= 0.6 is 11.8 Å². The molecular weight excluding hydrogens is 320 g/mol. The SMILES string of the molecule is CSCC(=O)N1CC[C@@]2(CCCN(CCc3ccccc3)C2=O)C1. The molecule has 5 heteroatoms. The molecule has 0 aliphatic carbocycles. The van der Waals surface area contributed by atoms with Gasteiger partial charge in [0, 0.05) is 26.2 Å². The van der Waals surface area contributed by atoms with Crippen LogP contribution < -0.4 is 0 Å². The number of carbonyl (C=O) groups excluding carboxylic acids is 2. The van der Waals surface area contributed by atoms with E-state index in [0.717, 1.165) is 45.3 Å². The lowest BCUT2D eigenvalue weighted by Crippen LogP contribution is -2.51. The van der Waals surface area contributed by atoms with Crippen molar-refractivity contribution >= 4 is 23.6 Å². The van der Waals surface area contributed by atoms with Crippen LogP contribution in [0.2, 0.25) is 0 Å². The molecule has 0 saturated carbocycles. The Kier molecular flexibility index (Phi) is 5.49. The molecule has 2 aliphatic heterocycles. The van der Waals surface area contributed by atoms with Crippen LogP contribution in [0.1, 0.15) is 24.8 Å². The number of nitrogens with zero attached hydrogens (tertiary/aromatic N) is 2. The van der Waals surface area contributed by atoms with Crippen molar-refractivity contribution in [2.24, 2.45) is 5.41 Å². The van der Waals surface area contributed by atoms with Crippen molar-refractivity contribution in [3.8, 4) is 0 Å². The molecule has 2 heterocycles. The molecule has 0 radical (unpaired) electrons. The summed E-state index contributed by atoms with van der Waals surface area (Å²) in [7, 11) is 0. The molecule has 2 amide bonds. The second-order valence-electron chi connectivity index (χ2n) is 6.91. The predicted molar refractivity (Wildman–Crippen MR) is 98.0 cm³/mol. The van der Waals surface area contributed by atoms with Gasteiger partial charge in [0.2, 0.25) is 11.8 Å². The van der Waals surface area contributed by atoms with E-state index in [1.54, 1.807) is 11.8 Å². The summed E-state index contributed by atoms with van der Waals surface area (Å²) in [6, 6.07) is 10.3. The molecule has 2 aliphatic rings. The average molecular weight is 346 g/mol. The van der Waals surface area contributed by atoms with Crippen LogP contribution in [-0.2, 0) is 16.0 Å². The molecule has 3 rings (SSSR count). The van der Waals surface area contributed by atoms with E-state index in [4.69, 9.17) is 0 Å². The first-order chi connectivity index (χ1) is 11.6. The minimum absolute atomic E-state index is 0.175. The van der Waals surface area contributed by atoms with Crippen LogP contribution in [0, 0.1) is 5.41 Å². The molecule has 2 fully saturated rings. The van der Waals surface area contributed by atoms with Gasteiger partial charge in [-0.3, -0.25) is 9.59 Å². The molecular formula is C19H26N2O2S. The number of thioether (sulfide) groups is 1. The van der Waals surface area contributed by atoms with E-state index in [1.165, 1.54) is 5.56 Å². The molecule has 24 heavy (non-hydrogen) atoms. The fraction of sp³-hybridized carbons (Fsp3) is 0.579. The fourth-order valence-corrected chi connectivity index (χ4v) is 4.38. The van der Waals surface area contributed by atoms with E-state index in [-0.39, 0.29) is 17.2 Å². The Bertz CT molecular complexity index is 592. The summed E-state index contributed by atoms with van der Waals surface area (Å²) in [6.45, 7) is 2.99. The van der Waals surface area contributed by atoms with Gasteiger partial charge in [0.25, 0.3) is 0 Å². The monoisotopic (exact) mass is 346 g/mol. The van der Waals surface area contributed by atoms with E-state index in [1.807, 2.05) is 34.3 Å². The smallest absolute Gasteiger partial charge is 0.232 e. The number of hydrogen-bond acceptors (Lipinski definition) is 3. The minimum atomic E-state index is -0.316. The Hall–Kier alpha value is -1.49. The zero-order valence-corrected chi connectivity index (χ0v) is 15.2. The second-order valence-corrected chi connectivity index (χ2v) is 7.78. The number of benzene rings is 1. The number of hydrogen-bond donors (Lipinski definition) is 0. The molecule has 2 saturated heterocycles. The minimum Gasteiger partial charge on any atom is -0.342 e. The molecule has 130 valence electrons. The molecule has 1 aromatic carbocycles. The van der Waals surface area contributed by atoms with E-state index < -0.39 is 0 Å². The third kappa shape index (κ3) is 3.61. The van der Waals surface area contributed by atoms with Gasteiger partial charge in [-0.15, -0.1) is 0 Å². The molecule has 0 aromatic heterocycles. The van der Waals surface area contributed by atoms with Crippen molar-refractivity contribution in [2.75, 3.05) is 38.2 Å². The third-order valence-corrected chi connectivity index (χ3v) is 5.85. The molecule has 0 N–H and O–H groups in total. The normalized spacial score (nSPS) is 24.0. The first-order valence-corrected chi connectivity index (χ1v) is 10.1. The maximum atomic E-state index is 13.1. The maximum absolute atomic E-state index is 13.1. The Morgan fingerprint density at radius 1 is 1.21 bits per heavy atom. The van der Waals surface area contributed by atoms with Gasteiger partial charge >= 0.3 is 0 Å². The van der Waals surface area contributed by atoms with Crippen molar-refractivity contribution in [3.63, 3.8) is 0 Å². The molecule has 1 aromatic rings. The lowest BCUT2D eigenvalue weighted by molar-refractivity contribution is -0.146. The van der Waals surface area contributed by atoms with Gasteiger partial charge in [-0.05, 0) is 37.5 Å². The van der Waals surface area contributed by atoms with Crippen molar-refractivity contribution in [2.45, 2.75) is 25.7 Å². The molecule has 1 atom stereocenters. The second kappa shape index (κ2) is 7.60. The topological polar surface area (TPSA) is 40.6 Å². The van der Waals surface area contributed by atoms with Crippen molar-refractivity contribution in [1.29, 1.82) is 0 Å². The van der Waals surface area contributed by atoms with E-state index >= 15 is 0 Å². The van der Waals surface area contributed by atoms with Crippen LogP contribution in [-0.4, -0.2) is 59.8 Å². The van der Waals surface area contributed by atoms with Crippen LogP contribution in [0.3, 0.4) is 0 Å². The summed E-state index contributed by atoms with van der Waals surface area (Å²) in [5, 5.41) is 0. The van der Waals surface area contributed by atoms with Crippen molar-refractivity contribution < 1.29 is 9.59 Å². The standard InChI is InChI=1S/C19H26N2O2S/c1-24-14-17(22)21-13-10-19(15-21)9-5-11-20(18(19)23)12-8-16-6-3-2-4-7-16/h2-4,6-7H,5,8-15H2,1H3/t19-/m0/s1. The van der Waals surface area contributed by atoms with Crippen LogP contribution in [0.25, 0.3) is 0 Å². The predicted octanol–water partition coefficient (Wildman–Crippen LogP) is 2.43. The van der Waals surface area contributed by atoms with Crippen molar-refractivity contribution in [1.82, 2.24) is 9.80 Å². The van der Waals surface area contributed by atoms with Crippen LogP contribution in [0.15, 0.2) is 30.3 Å². The van der Waals surface area contributed by atoms with E-state index in [9.17, 15) is 9.59 Å². The molecule has 1 spiro atoms. The maximum Gasteiger partial charge on any atom is 0.232 e. The largest absolute Gasteiger partial charge is 0.342 e. The van der Waals surface area contributed by atoms with E-state index in [2.05, 4.69) is 12.1 Å². The Balaban J connectivity index is 1.62. The first kappa shape index (κ1) is 17.3. The summed E-state index contributed by atoms with van der Waals surface area (Å²) in [6.07, 6.45) is 5.65. The lowest BCUT2D eigenvalue weighted by atomic mass is 9.78. The summed E-state index contributed by atoms with van der Waals surface area (Å²) >= 11 is 1.55. The van der Waals surface area contributed by atoms with Gasteiger partial charge in [-0.2, -0.15) is 11.8 Å². The average Bonchev–Trinajstić information content (AvgIpc) is 3.03. The zero-order chi connectivity index (χ0) is 17.0. The number of likely N-dealkylation sites (tertiary alicyclic amines) is 2. The van der Waals surface area contributed by atoms with Gasteiger partial charge in [0.1, 0.15) is 0 Å². The van der Waals surface area contributed by atoms with Gasteiger partial charge in [0.15, 0.2) is 0 Å². The van der Waals surface area contributed by atoms with Crippen molar-refractivity contribution in [3.05, 3.63) is 35.9 Å². The number of carbonyl (C=O) groups is 2. The zero-order valence-electron chi connectivity index (χ0n) is 14.4. The Morgan fingerprint density at radius 2 is 2.00 bits per heavy atom. The van der Waals surface area contributed by atoms with E-state index in [0.29, 0.717) is 12.3 Å². The fourth-order valence-electron chi connectivity index (χ4n) is 3.95. The number of rotatable bonds is 5. The molecule has 4 nitrogen and oxygen atoms in total. The summed E-state index contributed by atoms with van der Waals surface area (Å²) < 4.78 is 0. The van der Waals surface area contributed by atoms with Crippen LogP contribution in [0.4, 0.5) is 0 Å². The third-order valence-electron chi connectivity index (χ3n) is 5.31. The quantitative estimate of drug-likeness (QED) is 0.822. The van der Waals surface area contributed by atoms with Crippen LogP contribution in [0.5, 0.6) is 0 Å². The number of piperidine rings is 1. The highest BCUT2D eigenvalue weighted by Gasteiger charge is 2.49. The van der Waals surface area contributed by atoms with Gasteiger partial charge < -0.3 is 9.80 Å². The Morgan fingerprint density at radius 3 is 2.75 bits per heavy atom. The highest BCUT2D eigenvalue weighted by molar-refractivity contribution is 7.99. The summed E-state index contributed by atoms with van der Waals surface area (Å²) in [5.74, 6) is 0.958. The van der Waals surface area contributed by atoms with Gasteiger partial charge in [-0.25, -0.2) is 0 Å². The first-order valence-electron chi connectivity index (χ1n) is 8.75. The van der Waals surface area contributed by atoms with Gasteiger partial charge in [-0.1, -0.05) is 30.3 Å². The lowest BCUT2D eigenvalue weighted by Gasteiger charge is -2.39. The Labute approximate surface area is 148 Å². The molecule has 0 bridgehead atoms. The summed E-state index contributed by atoms with van der Waals surface area (Å²) in [5.41, 5.74) is 0.955.